The van der Waals surface area contributed by atoms with Crippen molar-refractivity contribution in [2.45, 2.75) is 6.54 Å². The van der Waals surface area contributed by atoms with Crippen LogP contribution in [0.15, 0.2) is 35.1 Å². The third kappa shape index (κ3) is 2.97. The number of nitrogens with zero attached hydrogens (tertiary/aromatic N) is 2. The van der Waals surface area contributed by atoms with Gasteiger partial charge in [-0.1, -0.05) is 17.7 Å². The number of carbonyl (C=O) groups is 1. The molecule has 0 fully saturated rings. The Morgan fingerprint density at radius 3 is 2.74 bits per heavy atom. The Balaban J connectivity index is 2.37. The molecule has 19 heavy (non-hydrogen) atoms. The molecule has 0 amide bonds. The predicted molar refractivity (Wildman–Crippen MR) is 66.0 cm³/mol. The van der Waals surface area contributed by atoms with Crippen LogP contribution >= 0.6 is 11.6 Å². The molecule has 1 aromatic heterocycles. The lowest BCUT2D eigenvalue weighted by molar-refractivity contribution is 0.0687. The van der Waals surface area contributed by atoms with Crippen molar-refractivity contribution in [2.75, 3.05) is 0 Å². The van der Waals surface area contributed by atoms with Gasteiger partial charge in [-0.15, -0.1) is 0 Å². The summed E-state index contributed by atoms with van der Waals surface area (Å²) in [6.07, 6.45) is 0. The molecule has 0 unspecified atom stereocenters. The van der Waals surface area contributed by atoms with Crippen molar-refractivity contribution in [3.8, 4) is 0 Å². The summed E-state index contributed by atoms with van der Waals surface area (Å²) >= 11 is 5.62. The van der Waals surface area contributed by atoms with Gasteiger partial charge in [0.05, 0.1) is 11.6 Å². The Hall–Kier alpha value is -2.21. The van der Waals surface area contributed by atoms with Gasteiger partial charge in [0.15, 0.2) is 5.69 Å². The van der Waals surface area contributed by atoms with Crippen LogP contribution in [0.1, 0.15) is 16.1 Å². The molecule has 0 aliphatic carbocycles. The van der Waals surface area contributed by atoms with Crippen molar-refractivity contribution < 1.29 is 14.3 Å². The molecule has 2 rings (SSSR count). The summed E-state index contributed by atoms with van der Waals surface area (Å²) in [6.45, 7) is 0.0138. The lowest BCUT2D eigenvalue weighted by Crippen LogP contribution is -2.24. The van der Waals surface area contributed by atoms with Crippen LogP contribution in [0.4, 0.5) is 4.39 Å². The zero-order valence-corrected chi connectivity index (χ0v) is 10.3. The molecule has 1 heterocycles. The summed E-state index contributed by atoms with van der Waals surface area (Å²) in [5.74, 6) is -1.80. The Morgan fingerprint density at radius 2 is 2.11 bits per heavy atom. The summed E-state index contributed by atoms with van der Waals surface area (Å²) in [5, 5.41) is 12.4. The van der Waals surface area contributed by atoms with Crippen LogP contribution in [-0.2, 0) is 6.54 Å². The molecule has 0 saturated heterocycles. The molecule has 1 aromatic carbocycles. The second-order valence-electron chi connectivity index (χ2n) is 3.77. The average molecular weight is 283 g/mol. The number of benzene rings is 1. The number of carboxylic acid groups (broad SMARTS) is 1. The van der Waals surface area contributed by atoms with Crippen molar-refractivity contribution in [1.29, 1.82) is 0 Å². The fourth-order valence-electron chi connectivity index (χ4n) is 1.49. The van der Waals surface area contributed by atoms with Gasteiger partial charge < -0.3 is 5.11 Å². The summed E-state index contributed by atoms with van der Waals surface area (Å²) in [7, 11) is 0. The van der Waals surface area contributed by atoms with Crippen LogP contribution in [0.25, 0.3) is 0 Å². The fraction of sp³-hybridized carbons (Fsp3) is 0.0833. The Kier molecular flexibility index (Phi) is 3.62. The lowest BCUT2D eigenvalue weighted by Gasteiger charge is -2.06. The molecule has 7 heteroatoms. The minimum absolute atomic E-state index is 0.0138. The highest BCUT2D eigenvalue weighted by atomic mass is 35.5. The van der Waals surface area contributed by atoms with Gasteiger partial charge in [0.1, 0.15) is 5.82 Å². The van der Waals surface area contributed by atoms with E-state index in [4.69, 9.17) is 16.7 Å². The molecule has 0 bridgehead atoms. The topological polar surface area (TPSA) is 72.2 Å². The van der Waals surface area contributed by atoms with Crippen LogP contribution in [0.2, 0.25) is 5.02 Å². The van der Waals surface area contributed by atoms with E-state index < -0.39 is 17.3 Å². The summed E-state index contributed by atoms with van der Waals surface area (Å²) in [5.41, 5.74) is -0.151. The van der Waals surface area contributed by atoms with E-state index in [1.807, 2.05) is 0 Å². The van der Waals surface area contributed by atoms with Gasteiger partial charge in [-0.05, 0) is 23.8 Å². The van der Waals surface area contributed by atoms with E-state index >= 15 is 0 Å². The molecule has 0 aliphatic heterocycles. The second kappa shape index (κ2) is 5.19. The average Bonchev–Trinajstić information content (AvgIpc) is 2.36. The van der Waals surface area contributed by atoms with E-state index in [0.29, 0.717) is 5.56 Å². The third-order valence-corrected chi connectivity index (χ3v) is 2.69. The second-order valence-corrected chi connectivity index (χ2v) is 4.18. The predicted octanol–water partition coefficient (Wildman–Crippen LogP) is 1.78. The molecule has 0 radical (unpaired) electrons. The number of aromatic carboxylic acids is 1. The zero-order valence-electron chi connectivity index (χ0n) is 9.51. The first-order valence-electron chi connectivity index (χ1n) is 5.23. The molecule has 0 saturated carbocycles. The Bertz CT molecular complexity index is 700. The van der Waals surface area contributed by atoms with Crippen molar-refractivity contribution in [2.24, 2.45) is 0 Å². The normalized spacial score (nSPS) is 10.4. The van der Waals surface area contributed by atoms with Gasteiger partial charge >= 0.3 is 5.97 Å². The number of hydrogen-bond donors (Lipinski definition) is 1. The summed E-state index contributed by atoms with van der Waals surface area (Å²) in [4.78, 5) is 22.3. The summed E-state index contributed by atoms with van der Waals surface area (Å²) < 4.78 is 14.0. The number of carboxylic acids is 1. The zero-order chi connectivity index (χ0) is 14.0. The van der Waals surface area contributed by atoms with Gasteiger partial charge in [0.2, 0.25) is 0 Å². The van der Waals surface area contributed by atoms with Crippen molar-refractivity contribution in [3.05, 3.63) is 62.8 Å². The molecule has 1 N–H and O–H groups in total. The largest absolute Gasteiger partial charge is 0.476 e. The van der Waals surface area contributed by atoms with E-state index in [1.165, 1.54) is 18.2 Å². The van der Waals surface area contributed by atoms with Crippen LogP contribution in [0.5, 0.6) is 0 Å². The standard InChI is InChI=1S/C12H8ClFN2O3/c13-8-5-7(1-2-9(8)14)6-16-11(17)4-3-10(15-16)12(18)19/h1-5H,6H2,(H,18,19). The van der Waals surface area contributed by atoms with Gasteiger partial charge in [-0.3, -0.25) is 4.79 Å². The summed E-state index contributed by atoms with van der Waals surface area (Å²) in [6, 6.07) is 6.21. The number of hydrogen-bond acceptors (Lipinski definition) is 3. The molecule has 0 aliphatic rings. The van der Waals surface area contributed by atoms with E-state index in [2.05, 4.69) is 5.10 Å². The molecule has 5 nitrogen and oxygen atoms in total. The SMILES string of the molecule is O=C(O)c1ccc(=O)n(Cc2ccc(F)c(Cl)c2)n1. The highest BCUT2D eigenvalue weighted by Crippen LogP contribution is 2.16. The molecule has 0 spiro atoms. The van der Waals surface area contributed by atoms with E-state index in [9.17, 15) is 14.0 Å². The van der Waals surface area contributed by atoms with Gasteiger partial charge in [-0.2, -0.15) is 5.10 Å². The molecular weight excluding hydrogens is 275 g/mol. The van der Waals surface area contributed by atoms with Crippen LogP contribution in [0.3, 0.4) is 0 Å². The van der Waals surface area contributed by atoms with E-state index in [1.54, 1.807) is 0 Å². The first kappa shape index (κ1) is 13.2. The maximum atomic E-state index is 13.0. The number of rotatable bonds is 3. The highest BCUT2D eigenvalue weighted by molar-refractivity contribution is 6.30. The van der Waals surface area contributed by atoms with Gasteiger partial charge in [0, 0.05) is 6.07 Å². The van der Waals surface area contributed by atoms with Crippen molar-refractivity contribution >= 4 is 17.6 Å². The fourth-order valence-corrected chi connectivity index (χ4v) is 1.69. The Labute approximate surface area is 111 Å². The van der Waals surface area contributed by atoms with Gasteiger partial charge in [0.25, 0.3) is 5.56 Å². The van der Waals surface area contributed by atoms with E-state index in [0.717, 1.165) is 16.8 Å². The maximum Gasteiger partial charge on any atom is 0.356 e. The Morgan fingerprint density at radius 1 is 1.37 bits per heavy atom. The quantitative estimate of drug-likeness (QED) is 0.931. The number of aromatic nitrogens is 2. The van der Waals surface area contributed by atoms with Crippen LogP contribution in [-0.4, -0.2) is 20.9 Å². The smallest absolute Gasteiger partial charge is 0.356 e. The maximum absolute atomic E-state index is 13.0. The lowest BCUT2D eigenvalue weighted by atomic mass is 10.2. The van der Waals surface area contributed by atoms with Crippen LogP contribution in [0, 0.1) is 5.82 Å². The minimum atomic E-state index is -1.23. The molecule has 0 atom stereocenters. The molecule has 2 aromatic rings. The monoisotopic (exact) mass is 282 g/mol. The van der Waals surface area contributed by atoms with E-state index in [-0.39, 0.29) is 17.3 Å². The first-order chi connectivity index (χ1) is 8.97. The van der Waals surface area contributed by atoms with Crippen molar-refractivity contribution in [1.82, 2.24) is 9.78 Å². The van der Waals surface area contributed by atoms with Gasteiger partial charge in [-0.25, -0.2) is 13.9 Å². The van der Waals surface area contributed by atoms with Crippen molar-refractivity contribution in [3.63, 3.8) is 0 Å². The highest BCUT2D eigenvalue weighted by Gasteiger charge is 2.08. The number of halogens is 2. The molecular formula is C12H8ClFN2O3. The van der Waals surface area contributed by atoms with Crippen LogP contribution < -0.4 is 5.56 Å². The first-order valence-corrected chi connectivity index (χ1v) is 5.60. The third-order valence-electron chi connectivity index (χ3n) is 2.40. The minimum Gasteiger partial charge on any atom is -0.476 e. The molecule has 98 valence electrons.